The predicted molar refractivity (Wildman–Crippen MR) is 60.9 cm³/mol. The molecule has 0 unspecified atom stereocenters. The third-order valence-electron chi connectivity index (χ3n) is 2.48. The summed E-state index contributed by atoms with van der Waals surface area (Å²) in [5.41, 5.74) is 6.67. The van der Waals surface area contributed by atoms with Gasteiger partial charge in [0.1, 0.15) is 12.4 Å². The number of benzene rings is 1. The first-order valence-corrected chi connectivity index (χ1v) is 5.53. The molecule has 15 heavy (non-hydrogen) atoms. The fourth-order valence-corrected chi connectivity index (χ4v) is 1.43. The molecule has 3 N–H and O–H groups in total. The molecule has 0 aliphatic heterocycles. The van der Waals surface area contributed by atoms with Crippen LogP contribution >= 0.6 is 0 Å². The summed E-state index contributed by atoms with van der Waals surface area (Å²) in [5, 5.41) is 3.47. The zero-order valence-electron chi connectivity index (χ0n) is 8.91. The van der Waals surface area contributed by atoms with Crippen molar-refractivity contribution in [3.8, 4) is 5.75 Å². The van der Waals surface area contributed by atoms with E-state index in [1.807, 2.05) is 12.1 Å². The molecule has 0 aromatic heterocycles. The van der Waals surface area contributed by atoms with E-state index >= 15 is 0 Å². The van der Waals surface area contributed by atoms with Crippen molar-refractivity contribution in [2.75, 3.05) is 13.2 Å². The van der Waals surface area contributed by atoms with Gasteiger partial charge in [0, 0.05) is 19.1 Å². The lowest BCUT2D eigenvalue weighted by Crippen LogP contribution is -2.15. The first-order valence-electron chi connectivity index (χ1n) is 5.53. The zero-order chi connectivity index (χ0) is 10.5. The van der Waals surface area contributed by atoms with Gasteiger partial charge in [-0.2, -0.15) is 0 Å². The Morgan fingerprint density at radius 1 is 1.27 bits per heavy atom. The highest BCUT2D eigenvalue weighted by atomic mass is 16.5. The third-order valence-corrected chi connectivity index (χ3v) is 2.48. The number of nitrogens with one attached hydrogen (secondary N) is 1. The molecule has 0 amide bonds. The van der Waals surface area contributed by atoms with E-state index in [1.54, 1.807) is 0 Å². The van der Waals surface area contributed by atoms with Crippen LogP contribution in [0, 0.1) is 0 Å². The SMILES string of the molecule is NCCOc1ccc(CNC2CC2)cc1. The van der Waals surface area contributed by atoms with Gasteiger partial charge in [-0.3, -0.25) is 0 Å². The quantitative estimate of drug-likeness (QED) is 0.737. The average molecular weight is 206 g/mol. The van der Waals surface area contributed by atoms with Gasteiger partial charge in [0.05, 0.1) is 0 Å². The molecule has 1 aromatic carbocycles. The normalized spacial score (nSPS) is 15.3. The van der Waals surface area contributed by atoms with Crippen LogP contribution in [0.2, 0.25) is 0 Å². The van der Waals surface area contributed by atoms with E-state index in [2.05, 4.69) is 17.4 Å². The lowest BCUT2D eigenvalue weighted by Gasteiger charge is -2.06. The maximum absolute atomic E-state index is 5.40. The van der Waals surface area contributed by atoms with Crippen molar-refractivity contribution in [3.05, 3.63) is 29.8 Å². The molecule has 1 aliphatic carbocycles. The fraction of sp³-hybridized carbons (Fsp3) is 0.500. The van der Waals surface area contributed by atoms with E-state index < -0.39 is 0 Å². The van der Waals surface area contributed by atoms with Crippen LogP contribution in [0.4, 0.5) is 0 Å². The molecule has 0 heterocycles. The van der Waals surface area contributed by atoms with E-state index in [0.29, 0.717) is 13.2 Å². The van der Waals surface area contributed by atoms with Gasteiger partial charge < -0.3 is 15.8 Å². The van der Waals surface area contributed by atoms with Crippen molar-refractivity contribution in [2.24, 2.45) is 5.73 Å². The van der Waals surface area contributed by atoms with Gasteiger partial charge in [-0.15, -0.1) is 0 Å². The van der Waals surface area contributed by atoms with Gasteiger partial charge in [0.25, 0.3) is 0 Å². The summed E-state index contributed by atoms with van der Waals surface area (Å²) < 4.78 is 5.40. The maximum atomic E-state index is 5.40. The Hall–Kier alpha value is -1.06. The Morgan fingerprint density at radius 2 is 2.00 bits per heavy atom. The number of rotatable bonds is 6. The summed E-state index contributed by atoms with van der Waals surface area (Å²) in [6, 6.07) is 8.96. The van der Waals surface area contributed by atoms with Crippen molar-refractivity contribution < 1.29 is 4.74 Å². The molecule has 0 spiro atoms. The van der Waals surface area contributed by atoms with Crippen molar-refractivity contribution >= 4 is 0 Å². The third kappa shape index (κ3) is 3.53. The summed E-state index contributed by atoms with van der Waals surface area (Å²) in [6.45, 7) is 2.10. The molecule has 1 fully saturated rings. The van der Waals surface area contributed by atoms with Crippen LogP contribution in [-0.2, 0) is 6.54 Å². The van der Waals surface area contributed by atoms with Crippen LogP contribution in [-0.4, -0.2) is 19.2 Å². The molecule has 82 valence electrons. The summed E-state index contributed by atoms with van der Waals surface area (Å²) >= 11 is 0. The highest BCUT2D eigenvalue weighted by Crippen LogP contribution is 2.19. The number of nitrogens with two attached hydrogens (primary N) is 1. The number of hydrogen-bond acceptors (Lipinski definition) is 3. The first kappa shape index (κ1) is 10.5. The van der Waals surface area contributed by atoms with Gasteiger partial charge in [-0.05, 0) is 30.5 Å². The Balaban J connectivity index is 1.79. The Kier molecular flexibility index (Phi) is 3.59. The molecule has 0 bridgehead atoms. The van der Waals surface area contributed by atoms with Gasteiger partial charge >= 0.3 is 0 Å². The summed E-state index contributed by atoms with van der Waals surface area (Å²) in [6.07, 6.45) is 2.66. The van der Waals surface area contributed by atoms with Crippen molar-refractivity contribution in [3.63, 3.8) is 0 Å². The molecular weight excluding hydrogens is 188 g/mol. The number of hydrogen-bond donors (Lipinski definition) is 2. The van der Waals surface area contributed by atoms with Crippen LogP contribution in [0.3, 0.4) is 0 Å². The van der Waals surface area contributed by atoms with Crippen molar-refractivity contribution in [2.45, 2.75) is 25.4 Å². The maximum Gasteiger partial charge on any atom is 0.119 e. The minimum atomic E-state index is 0.561. The molecule has 1 saturated carbocycles. The van der Waals surface area contributed by atoms with E-state index in [4.69, 9.17) is 10.5 Å². The molecule has 3 nitrogen and oxygen atoms in total. The molecule has 0 saturated heterocycles. The van der Waals surface area contributed by atoms with Crippen molar-refractivity contribution in [1.29, 1.82) is 0 Å². The Bertz CT molecular complexity index is 293. The highest BCUT2D eigenvalue weighted by Gasteiger charge is 2.19. The molecule has 1 aromatic rings. The Labute approximate surface area is 90.6 Å². The second-order valence-electron chi connectivity index (χ2n) is 3.94. The molecular formula is C12H18N2O. The smallest absolute Gasteiger partial charge is 0.119 e. The van der Waals surface area contributed by atoms with Crippen LogP contribution in [0.1, 0.15) is 18.4 Å². The van der Waals surface area contributed by atoms with E-state index in [1.165, 1.54) is 18.4 Å². The standard InChI is InChI=1S/C12H18N2O/c13-7-8-15-12-5-1-10(2-6-12)9-14-11-3-4-11/h1-2,5-6,11,14H,3-4,7-9,13H2. The zero-order valence-corrected chi connectivity index (χ0v) is 8.91. The minimum absolute atomic E-state index is 0.561. The van der Waals surface area contributed by atoms with Gasteiger partial charge in [0.2, 0.25) is 0 Å². The van der Waals surface area contributed by atoms with Gasteiger partial charge in [-0.1, -0.05) is 12.1 Å². The summed E-state index contributed by atoms with van der Waals surface area (Å²) in [5.74, 6) is 0.899. The van der Waals surface area contributed by atoms with Crippen LogP contribution in [0.25, 0.3) is 0 Å². The lowest BCUT2D eigenvalue weighted by atomic mass is 10.2. The Morgan fingerprint density at radius 3 is 2.60 bits per heavy atom. The van der Waals surface area contributed by atoms with Gasteiger partial charge in [-0.25, -0.2) is 0 Å². The topological polar surface area (TPSA) is 47.3 Å². The molecule has 1 aliphatic rings. The lowest BCUT2D eigenvalue weighted by molar-refractivity contribution is 0.328. The second kappa shape index (κ2) is 5.14. The molecule has 0 radical (unpaired) electrons. The largest absolute Gasteiger partial charge is 0.492 e. The summed E-state index contributed by atoms with van der Waals surface area (Å²) in [4.78, 5) is 0. The monoisotopic (exact) mass is 206 g/mol. The van der Waals surface area contributed by atoms with Crippen LogP contribution in [0.15, 0.2) is 24.3 Å². The first-order chi connectivity index (χ1) is 7.38. The van der Waals surface area contributed by atoms with E-state index in [-0.39, 0.29) is 0 Å². The second-order valence-corrected chi connectivity index (χ2v) is 3.94. The molecule has 3 heteroatoms. The molecule has 2 rings (SSSR count). The highest BCUT2D eigenvalue weighted by molar-refractivity contribution is 5.27. The predicted octanol–water partition coefficient (Wildman–Crippen LogP) is 1.28. The summed E-state index contributed by atoms with van der Waals surface area (Å²) in [7, 11) is 0. The average Bonchev–Trinajstić information content (AvgIpc) is 3.09. The fourth-order valence-electron chi connectivity index (χ4n) is 1.43. The van der Waals surface area contributed by atoms with E-state index in [0.717, 1.165) is 18.3 Å². The van der Waals surface area contributed by atoms with Crippen molar-refractivity contribution in [1.82, 2.24) is 5.32 Å². The van der Waals surface area contributed by atoms with E-state index in [9.17, 15) is 0 Å². The minimum Gasteiger partial charge on any atom is -0.492 e. The molecule has 0 atom stereocenters. The van der Waals surface area contributed by atoms with Crippen LogP contribution in [0.5, 0.6) is 5.75 Å². The number of ether oxygens (including phenoxy) is 1. The van der Waals surface area contributed by atoms with Gasteiger partial charge in [0.15, 0.2) is 0 Å². The van der Waals surface area contributed by atoms with Crippen LogP contribution < -0.4 is 15.8 Å².